The van der Waals surface area contributed by atoms with Crippen molar-refractivity contribution >= 4 is 51.4 Å². The molecule has 0 saturated heterocycles. The van der Waals surface area contributed by atoms with E-state index in [-0.39, 0.29) is 0 Å². The van der Waals surface area contributed by atoms with Crippen LogP contribution in [0.25, 0.3) is 10.8 Å². The predicted molar refractivity (Wildman–Crippen MR) is 97.8 cm³/mol. The Morgan fingerprint density at radius 1 is 0.913 bits per heavy atom. The fourth-order valence-corrected chi connectivity index (χ4v) is 2.84. The third-order valence-corrected chi connectivity index (χ3v) is 4.36. The number of hydrogen-bond donors (Lipinski definition) is 2. The van der Waals surface area contributed by atoms with E-state index in [0.717, 1.165) is 22.0 Å². The number of urea groups is 1. The largest absolute Gasteiger partial charge is 0.323 e. The molecule has 5 heteroatoms. The number of nitrogens with one attached hydrogen (secondary N) is 2. The summed E-state index contributed by atoms with van der Waals surface area (Å²) >= 11 is 12.3. The molecule has 0 aliphatic carbocycles. The Labute approximate surface area is 144 Å². The smallest absolute Gasteiger partial charge is 0.307 e. The lowest BCUT2D eigenvalue weighted by atomic mass is 10.1. The molecule has 0 spiro atoms. The summed E-state index contributed by atoms with van der Waals surface area (Å²) in [6.45, 7) is 1.85. The molecule has 23 heavy (non-hydrogen) atoms. The Morgan fingerprint density at radius 2 is 1.65 bits per heavy atom. The summed E-state index contributed by atoms with van der Waals surface area (Å²) in [6, 6.07) is 16.7. The van der Waals surface area contributed by atoms with Crippen LogP contribution in [0.15, 0.2) is 54.6 Å². The van der Waals surface area contributed by atoms with Gasteiger partial charge in [-0.25, -0.2) is 4.79 Å². The minimum absolute atomic E-state index is 0.393. The van der Waals surface area contributed by atoms with Crippen molar-refractivity contribution in [1.82, 2.24) is 0 Å². The Kier molecular flexibility index (Phi) is 4.42. The van der Waals surface area contributed by atoms with Crippen LogP contribution in [-0.4, -0.2) is 6.03 Å². The van der Waals surface area contributed by atoms with Crippen molar-refractivity contribution < 1.29 is 4.79 Å². The van der Waals surface area contributed by atoms with E-state index in [9.17, 15) is 4.79 Å². The van der Waals surface area contributed by atoms with Crippen molar-refractivity contribution in [1.29, 1.82) is 0 Å². The van der Waals surface area contributed by atoms with Crippen LogP contribution in [0.1, 0.15) is 5.56 Å². The Hall–Kier alpha value is -2.23. The molecule has 116 valence electrons. The monoisotopic (exact) mass is 344 g/mol. The van der Waals surface area contributed by atoms with Gasteiger partial charge in [0.25, 0.3) is 0 Å². The minimum atomic E-state index is -0.393. The molecular formula is C18H14Cl2N2O. The number of carbonyl (C=O) groups is 1. The Morgan fingerprint density at radius 3 is 2.48 bits per heavy atom. The van der Waals surface area contributed by atoms with Gasteiger partial charge in [0.15, 0.2) is 0 Å². The third-order valence-electron chi connectivity index (χ3n) is 3.56. The van der Waals surface area contributed by atoms with Crippen LogP contribution < -0.4 is 10.6 Å². The summed E-state index contributed by atoms with van der Waals surface area (Å²) in [6.07, 6.45) is 0. The van der Waals surface area contributed by atoms with Gasteiger partial charge >= 0.3 is 6.03 Å². The fourth-order valence-electron chi connectivity index (χ4n) is 2.37. The molecule has 3 aromatic carbocycles. The first-order chi connectivity index (χ1) is 11.1. The third kappa shape index (κ3) is 3.26. The number of hydrogen-bond acceptors (Lipinski definition) is 1. The van der Waals surface area contributed by atoms with Gasteiger partial charge in [-0.05, 0) is 30.0 Å². The molecule has 2 amide bonds. The van der Waals surface area contributed by atoms with E-state index in [1.54, 1.807) is 12.1 Å². The van der Waals surface area contributed by atoms with Crippen LogP contribution >= 0.6 is 23.2 Å². The van der Waals surface area contributed by atoms with Gasteiger partial charge in [-0.15, -0.1) is 0 Å². The lowest BCUT2D eigenvalue weighted by Gasteiger charge is -2.13. The zero-order valence-corrected chi connectivity index (χ0v) is 13.9. The van der Waals surface area contributed by atoms with Crippen LogP contribution in [0.5, 0.6) is 0 Å². The molecule has 0 fully saturated rings. The van der Waals surface area contributed by atoms with Gasteiger partial charge in [-0.2, -0.15) is 0 Å². The van der Waals surface area contributed by atoms with Crippen LogP contribution in [0.4, 0.5) is 16.2 Å². The highest BCUT2D eigenvalue weighted by atomic mass is 35.5. The minimum Gasteiger partial charge on any atom is -0.307 e. The molecule has 0 radical (unpaired) electrons. The van der Waals surface area contributed by atoms with E-state index < -0.39 is 6.03 Å². The standard InChI is InChI=1S/C18H14Cl2N2O/c1-11-9-10-14(19)17(16(11)20)22-18(23)21-15-8-4-6-12-5-2-3-7-13(12)15/h2-10H,1H3,(H2,21,22,23). The van der Waals surface area contributed by atoms with Gasteiger partial charge in [0, 0.05) is 5.39 Å². The molecule has 0 heterocycles. The molecule has 0 unspecified atom stereocenters. The van der Waals surface area contributed by atoms with Crippen LogP contribution in [0.2, 0.25) is 10.0 Å². The maximum Gasteiger partial charge on any atom is 0.323 e. The fraction of sp³-hybridized carbons (Fsp3) is 0.0556. The molecule has 3 nitrogen and oxygen atoms in total. The zero-order chi connectivity index (χ0) is 16.4. The van der Waals surface area contributed by atoms with Crippen molar-refractivity contribution in [3.63, 3.8) is 0 Å². The van der Waals surface area contributed by atoms with Gasteiger partial charge in [0.05, 0.1) is 21.4 Å². The van der Waals surface area contributed by atoms with Crippen LogP contribution in [-0.2, 0) is 0 Å². The average Bonchev–Trinajstić information content (AvgIpc) is 2.55. The highest BCUT2D eigenvalue weighted by Gasteiger charge is 2.12. The number of rotatable bonds is 2. The van der Waals surface area contributed by atoms with Crippen molar-refractivity contribution in [2.75, 3.05) is 10.6 Å². The molecule has 0 aromatic heterocycles. The second-order valence-electron chi connectivity index (χ2n) is 5.16. The first-order valence-corrected chi connectivity index (χ1v) is 7.82. The number of fused-ring (bicyclic) bond motifs is 1. The van der Waals surface area contributed by atoms with Crippen molar-refractivity contribution in [3.8, 4) is 0 Å². The lowest BCUT2D eigenvalue weighted by Crippen LogP contribution is -2.20. The van der Waals surface area contributed by atoms with Gasteiger partial charge in [-0.3, -0.25) is 0 Å². The quantitative estimate of drug-likeness (QED) is 0.579. The Bertz CT molecular complexity index is 888. The van der Waals surface area contributed by atoms with Crippen LogP contribution in [0.3, 0.4) is 0 Å². The summed E-state index contributed by atoms with van der Waals surface area (Å²) in [7, 11) is 0. The van der Waals surface area contributed by atoms with E-state index >= 15 is 0 Å². The highest BCUT2D eigenvalue weighted by Crippen LogP contribution is 2.33. The molecule has 3 rings (SSSR count). The van der Waals surface area contributed by atoms with Crippen LogP contribution in [0, 0.1) is 6.92 Å². The highest BCUT2D eigenvalue weighted by molar-refractivity contribution is 6.40. The Balaban J connectivity index is 1.86. The summed E-state index contributed by atoms with van der Waals surface area (Å²) in [5, 5.41) is 8.41. The number of amides is 2. The van der Waals surface area contributed by atoms with Crippen molar-refractivity contribution in [2.24, 2.45) is 0 Å². The maximum absolute atomic E-state index is 12.3. The first-order valence-electron chi connectivity index (χ1n) is 7.06. The van der Waals surface area contributed by atoms with E-state index in [4.69, 9.17) is 23.2 Å². The number of aryl methyl sites for hydroxylation is 1. The normalized spacial score (nSPS) is 10.6. The second-order valence-corrected chi connectivity index (χ2v) is 5.94. The zero-order valence-electron chi connectivity index (χ0n) is 12.4. The van der Waals surface area contributed by atoms with E-state index in [1.807, 2.05) is 49.4 Å². The molecule has 0 aliphatic heterocycles. The predicted octanol–water partition coefficient (Wildman–Crippen LogP) is 6.10. The molecule has 3 aromatic rings. The maximum atomic E-state index is 12.3. The first kappa shape index (κ1) is 15.7. The lowest BCUT2D eigenvalue weighted by molar-refractivity contribution is 0.262. The van der Waals surface area contributed by atoms with Crippen molar-refractivity contribution in [3.05, 3.63) is 70.2 Å². The number of benzene rings is 3. The van der Waals surface area contributed by atoms with E-state index in [0.29, 0.717) is 15.7 Å². The van der Waals surface area contributed by atoms with Gasteiger partial charge < -0.3 is 10.6 Å². The topological polar surface area (TPSA) is 41.1 Å². The molecule has 0 saturated carbocycles. The van der Waals surface area contributed by atoms with E-state index in [2.05, 4.69) is 10.6 Å². The van der Waals surface area contributed by atoms with Gasteiger partial charge in [0.1, 0.15) is 0 Å². The van der Waals surface area contributed by atoms with E-state index in [1.165, 1.54) is 0 Å². The molecule has 2 N–H and O–H groups in total. The number of carbonyl (C=O) groups excluding carboxylic acids is 1. The van der Waals surface area contributed by atoms with Gasteiger partial charge in [0.2, 0.25) is 0 Å². The summed E-state index contributed by atoms with van der Waals surface area (Å²) < 4.78 is 0. The summed E-state index contributed by atoms with van der Waals surface area (Å²) in [5.74, 6) is 0. The van der Waals surface area contributed by atoms with Crippen molar-refractivity contribution in [2.45, 2.75) is 6.92 Å². The molecule has 0 aliphatic rings. The summed E-state index contributed by atoms with van der Waals surface area (Å²) in [4.78, 5) is 12.3. The second kappa shape index (κ2) is 6.49. The molecule has 0 bridgehead atoms. The number of halogens is 2. The molecule has 0 atom stereocenters. The van der Waals surface area contributed by atoms with Gasteiger partial charge in [-0.1, -0.05) is 65.7 Å². The number of anilines is 2. The molecular weight excluding hydrogens is 331 g/mol. The SMILES string of the molecule is Cc1ccc(Cl)c(NC(=O)Nc2cccc3ccccc23)c1Cl. The summed E-state index contributed by atoms with van der Waals surface area (Å²) in [5.41, 5.74) is 1.98. The average molecular weight is 345 g/mol.